The minimum atomic E-state index is -0.570. The van der Waals surface area contributed by atoms with Crippen LogP contribution in [0.1, 0.15) is 58.6 Å². The Morgan fingerprint density at radius 3 is 2.67 bits per heavy atom. The minimum absolute atomic E-state index is 0.0762. The molecule has 0 saturated carbocycles. The third-order valence-corrected chi connectivity index (χ3v) is 4.17. The van der Waals surface area contributed by atoms with Crippen molar-refractivity contribution in [3.63, 3.8) is 0 Å². The van der Waals surface area contributed by atoms with Crippen molar-refractivity contribution in [2.24, 2.45) is 5.92 Å². The third kappa shape index (κ3) is 4.61. The van der Waals surface area contributed by atoms with Gasteiger partial charge in [0.2, 0.25) is 5.91 Å². The van der Waals surface area contributed by atoms with Crippen molar-refractivity contribution >= 4 is 11.7 Å². The van der Waals surface area contributed by atoms with E-state index in [1.165, 1.54) is 6.20 Å². The van der Waals surface area contributed by atoms with Crippen molar-refractivity contribution < 1.29 is 14.6 Å². The molecule has 0 spiro atoms. The molecule has 1 aromatic heterocycles. The molecule has 1 aliphatic rings. The number of carbonyl (C=O) groups is 1. The first-order valence-corrected chi connectivity index (χ1v) is 8.62. The minimum Gasteiger partial charge on any atom is -0.394 e. The van der Waals surface area contributed by atoms with Gasteiger partial charge in [-0.1, -0.05) is 26.7 Å². The molecular formula is C16H26N4O4. The molecule has 2 N–H and O–H groups in total. The summed E-state index contributed by atoms with van der Waals surface area (Å²) >= 11 is 0. The zero-order valence-corrected chi connectivity index (χ0v) is 14.3. The summed E-state index contributed by atoms with van der Waals surface area (Å²) in [6, 6.07) is 0. The molecule has 2 heterocycles. The molecule has 2 rings (SSSR count). The topological polar surface area (TPSA) is 106 Å². The Labute approximate surface area is 141 Å². The van der Waals surface area contributed by atoms with Crippen LogP contribution in [-0.4, -0.2) is 38.5 Å². The number of anilines is 1. The molecule has 1 amide bonds. The number of rotatable bonds is 8. The summed E-state index contributed by atoms with van der Waals surface area (Å²) in [6.45, 7) is 4.00. The van der Waals surface area contributed by atoms with E-state index in [9.17, 15) is 9.59 Å². The van der Waals surface area contributed by atoms with Crippen LogP contribution in [0.5, 0.6) is 0 Å². The van der Waals surface area contributed by atoms with E-state index in [1.807, 2.05) is 13.8 Å². The fourth-order valence-electron chi connectivity index (χ4n) is 2.94. The summed E-state index contributed by atoms with van der Waals surface area (Å²) in [5.74, 6) is -0.0366. The number of hydrogen-bond donors (Lipinski definition) is 2. The number of carbonyl (C=O) groups excluding carboxylic acids is 1. The average molecular weight is 338 g/mol. The summed E-state index contributed by atoms with van der Waals surface area (Å²) in [5, 5.41) is 15.8. The first-order chi connectivity index (χ1) is 11.6. The standard InChI is InChI=1S/C16H26N4O4/c1-3-5-11(6-4-2)15(22)18-13-9-17-20(16(23)19-13)14-8-7-12(10-21)24-14/h9,11-12,14,21H,3-8,10H2,1-2H3,(H,18,19,22,23). The lowest BCUT2D eigenvalue weighted by molar-refractivity contribution is -0.120. The van der Waals surface area contributed by atoms with Crippen LogP contribution in [-0.2, 0) is 9.53 Å². The zero-order chi connectivity index (χ0) is 17.5. The van der Waals surface area contributed by atoms with Gasteiger partial charge in [-0.15, -0.1) is 0 Å². The predicted molar refractivity (Wildman–Crippen MR) is 88.5 cm³/mol. The van der Waals surface area contributed by atoms with E-state index in [2.05, 4.69) is 15.4 Å². The number of aliphatic hydroxyl groups is 1. The lowest BCUT2D eigenvalue weighted by atomic mass is 9.97. The number of nitrogens with one attached hydrogen (secondary N) is 1. The molecule has 2 unspecified atom stereocenters. The number of ether oxygens (including phenoxy) is 1. The largest absolute Gasteiger partial charge is 0.394 e. The smallest absolute Gasteiger partial charge is 0.368 e. The number of amides is 1. The van der Waals surface area contributed by atoms with Gasteiger partial charge in [0.25, 0.3) is 0 Å². The molecular weight excluding hydrogens is 312 g/mol. The molecule has 0 bridgehead atoms. The Balaban J connectivity index is 2.04. The molecule has 8 nitrogen and oxygen atoms in total. The summed E-state index contributed by atoms with van der Waals surface area (Å²) in [6.07, 6.45) is 5.32. The molecule has 2 atom stereocenters. The van der Waals surface area contributed by atoms with E-state index < -0.39 is 11.9 Å². The zero-order valence-electron chi connectivity index (χ0n) is 14.3. The first kappa shape index (κ1) is 18.5. The maximum absolute atomic E-state index is 12.3. The van der Waals surface area contributed by atoms with E-state index in [0.717, 1.165) is 30.4 Å². The highest BCUT2D eigenvalue weighted by molar-refractivity contribution is 5.91. The number of aliphatic hydroxyl groups excluding tert-OH is 1. The lowest BCUT2D eigenvalue weighted by Gasteiger charge is -2.16. The van der Waals surface area contributed by atoms with Gasteiger partial charge >= 0.3 is 5.69 Å². The van der Waals surface area contributed by atoms with Crippen LogP contribution in [0.25, 0.3) is 0 Å². The Hall–Kier alpha value is -1.80. The van der Waals surface area contributed by atoms with Crippen molar-refractivity contribution in [1.29, 1.82) is 0 Å². The van der Waals surface area contributed by atoms with Gasteiger partial charge in [-0.25, -0.2) is 4.79 Å². The van der Waals surface area contributed by atoms with Crippen LogP contribution >= 0.6 is 0 Å². The molecule has 8 heteroatoms. The summed E-state index contributed by atoms with van der Waals surface area (Å²) in [5.41, 5.74) is -0.570. The fourth-order valence-corrected chi connectivity index (χ4v) is 2.94. The first-order valence-electron chi connectivity index (χ1n) is 8.62. The van der Waals surface area contributed by atoms with Crippen molar-refractivity contribution in [2.45, 2.75) is 64.7 Å². The van der Waals surface area contributed by atoms with Gasteiger partial charge < -0.3 is 15.2 Å². The summed E-state index contributed by atoms with van der Waals surface area (Å²) in [4.78, 5) is 28.3. The predicted octanol–water partition coefficient (Wildman–Crippen LogP) is 1.46. The number of aromatic nitrogens is 3. The van der Waals surface area contributed by atoms with Crippen LogP contribution in [0.4, 0.5) is 5.82 Å². The van der Waals surface area contributed by atoms with Crippen molar-refractivity contribution in [2.75, 3.05) is 11.9 Å². The van der Waals surface area contributed by atoms with Crippen molar-refractivity contribution in [3.8, 4) is 0 Å². The second-order valence-electron chi connectivity index (χ2n) is 6.10. The maximum Gasteiger partial charge on any atom is 0.368 e. The normalized spacial score (nSPS) is 20.5. The van der Waals surface area contributed by atoms with Crippen molar-refractivity contribution in [3.05, 3.63) is 16.7 Å². The molecule has 24 heavy (non-hydrogen) atoms. The van der Waals surface area contributed by atoms with Gasteiger partial charge in [-0.2, -0.15) is 14.8 Å². The van der Waals surface area contributed by atoms with Crippen LogP contribution in [0, 0.1) is 5.92 Å². The number of hydrogen-bond acceptors (Lipinski definition) is 6. The Bertz CT molecular complexity index is 598. The average Bonchev–Trinajstić information content (AvgIpc) is 3.03. The molecule has 0 radical (unpaired) electrons. The number of nitrogens with zero attached hydrogens (tertiary/aromatic N) is 3. The molecule has 0 aliphatic carbocycles. The monoisotopic (exact) mass is 338 g/mol. The Morgan fingerprint density at radius 2 is 2.12 bits per heavy atom. The second kappa shape index (κ2) is 8.89. The highest BCUT2D eigenvalue weighted by Crippen LogP contribution is 2.26. The maximum atomic E-state index is 12.3. The van der Waals surface area contributed by atoms with Crippen LogP contribution in [0.15, 0.2) is 11.0 Å². The van der Waals surface area contributed by atoms with Crippen LogP contribution in [0.3, 0.4) is 0 Å². The Kier molecular flexibility index (Phi) is 6.86. The van der Waals surface area contributed by atoms with E-state index in [-0.39, 0.29) is 30.4 Å². The van der Waals surface area contributed by atoms with Gasteiger partial charge in [0.05, 0.1) is 18.9 Å². The van der Waals surface area contributed by atoms with Gasteiger partial charge in [0.15, 0.2) is 12.0 Å². The second-order valence-corrected chi connectivity index (χ2v) is 6.10. The van der Waals surface area contributed by atoms with Crippen LogP contribution < -0.4 is 11.0 Å². The third-order valence-electron chi connectivity index (χ3n) is 4.17. The van der Waals surface area contributed by atoms with Crippen molar-refractivity contribution in [1.82, 2.24) is 14.8 Å². The van der Waals surface area contributed by atoms with E-state index in [0.29, 0.717) is 12.8 Å². The van der Waals surface area contributed by atoms with Gasteiger partial charge in [0, 0.05) is 5.92 Å². The molecule has 1 fully saturated rings. The molecule has 0 aromatic carbocycles. The summed E-state index contributed by atoms with van der Waals surface area (Å²) < 4.78 is 6.68. The van der Waals surface area contributed by atoms with E-state index in [1.54, 1.807) is 0 Å². The van der Waals surface area contributed by atoms with Gasteiger partial charge in [-0.05, 0) is 25.7 Å². The highest BCUT2D eigenvalue weighted by atomic mass is 16.5. The molecule has 134 valence electrons. The van der Waals surface area contributed by atoms with Crippen LogP contribution in [0.2, 0.25) is 0 Å². The van der Waals surface area contributed by atoms with Gasteiger partial charge in [0.1, 0.15) is 0 Å². The Morgan fingerprint density at radius 1 is 1.42 bits per heavy atom. The highest BCUT2D eigenvalue weighted by Gasteiger charge is 2.28. The van der Waals surface area contributed by atoms with E-state index >= 15 is 0 Å². The van der Waals surface area contributed by atoms with E-state index in [4.69, 9.17) is 9.84 Å². The molecule has 1 saturated heterocycles. The quantitative estimate of drug-likeness (QED) is 0.743. The lowest BCUT2D eigenvalue weighted by Crippen LogP contribution is -2.32. The molecule has 1 aliphatic heterocycles. The van der Waals surface area contributed by atoms with Gasteiger partial charge in [-0.3, -0.25) is 4.79 Å². The summed E-state index contributed by atoms with van der Waals surface area (Å²) in [7, 11) is 0. The fraction of sp³-hybridized carbons (Fsp3) is 0.750. The molecule has 1 aromatic rings. The SMILES string of the molecule is CCCC(CCC)C(=O)Nc1cnn(C2CCC(CO)O2)c(=O)n1.